The molecule has 2 aromatic carbocycles. The van der Waals surface area contributed by atoms with Crippen LogP contribution in [0.15, 0.2) is 46.9 Å². The van der Waals surface area contributed by atoms with Crippen LogP contribution < -0.4 is 5.73 Å². The number of hydrogen-bond donors (Lipinski definition) is 1. The fourth-order valence-electron chi connectivity index (χ4n) is 2.06. The summed E-state index contributed by atoms with van der Waals surface area (Å²) in [5.74, 6) is -0.262. The molecule has 0 saturated heterocycles. The standard InChI is InChI=1S/C15H12BrFN2S/c16-10-7-9(5-6-11(10)17)8-12(18)15-19-13-3-1-2-4-14(13)20-15/h1-7,12H,8,18H2. The van der Waals surface area contributed by atoms with Gasteiger partial charge in [0.15, 0.2) is 0 Å². The van der Waals surface area contributed by atoms with E-state index in [1.165, 1.54) is 6.07 Å². The van der Waals surface area contributed by atoms with Gasteiger partial charge in [-0.25, -0.2) is 9.37 Å². The van der Waals surface area contributed by atoms with Crippen LogP contribution in [-0.4, -0.2) is 4.98 Å². The molecule has 20 heavy (non-hydrogen) atoms. The van der Waals surface area contributed by atoms with Crippen molar-refractivity contribution in [3.05, 3.63) is 63.3 Å². The third-order valence-corrected chi connectivity index (χ3v) is 4.84. The van der Waals surface area contributed by atoms with Gasteiger partial charge in [0.25, 0.3) is 0 Å². The molecule has 0 amide bonds. The molecule has 0 aliphatic rings. The first-order valence-electron chi connectivity index (χ1n) is 6.18. The maximum absolute atomic E-state index is 13.2. The van der Waals surface area contributed by atoms with E-state index in [9.17, 15) is 4.39 Å². The van der Waals surface area contributed by atoms with Crippen LogP contribution in [0.3, 0.4) is 0 Å². The molecular weight excluding hydrogens is 339 g/mol. The summed E-state index contributed by atoms with van der Waals surface area (Å²) in [7, 11) is 0. The monoisotopic (exact) mass is 350 g/mol. The Kier molecular flexibility index (Phi) is 3.83. The number of rotatable bonds is 3. The fourth-order valence-corrected chi connectivity index (χ4v) is 3.45. The molecule has 1 aromatic heterocycles. The first kappa shape index (κ1) is 13.7. The predicted octanol–water partition coefficient (Wildman–Crippen LogP) is 4.44. The summed E-state index contributed by atoms with van der Waals surface area (Å²) < 4.78 is 14.8. The van der Waals surface area contributed by atoms with Crippen LogP contribution >= 0.6 is 27.3 Å². The minimum absolute atomic E-state index is 0.176. The van der Waals surface area contributed by atoms with Crippen LogP contribution in [-0.2, 0) is 6.42 Å². The van der Waals surface area contributed by atoms with Gasteiger partial charge >= 0.3 is 0 Å². The maximum atomic E-state index is 13.2. The SMILES string of the molecule is NC(Cc1ccc(F)c(Br)c1)c1nc2ccccc2s1. The Morgan fingerprint density at radius 3 is 2.80 bits per heavy atom. The lowest BCUT2D eigenvalue weighted by Gasteiger charge is -2.09. The molecule has 102 valence electrons. The van der Waals surface area contributed by atoms with Crippen molar-refractivity contribution in [2.75, 3.05) is 0 Å². The summed E-state index contributed by atoms with van der Waals surface area (Å²) in [4.78, 5) is 4.56. The lowest BCUT2D eigenvalue weighted by molar-refractivity contribution is 0.618. The first-order valence-corrected chi connectivity index (χ1v) is 7.79. The van der Waals surface area contributed by atoms with E-state index < -0.39 is 0 Å². The molecule has 0 bridgehead atoms. The van der Waals surface area contributed by atoms with Crippen LogP contribution in [0, 0.1) is 5.82 Å². The second kappa shape index (κ2) is 5.60. The van der Waals surface area contributed by atoms with E-state index >= 15 is 0 Å². The average Bonchev–Trinajstić information content (AvgIpc) is 2.87. The number of thiazole rings is 1. The summed E-state index contributed by atoms with van der Waals surface area (Å²) in [6, 6.07) is 12.8. The van der Waals surface area contributed by atoms with Crippen molar-refractivity contribution in [2.24, 2.45) is 5.73 Å². The number of para-hydroxylation sites is 1. The Morgan fingerprint density at radius 2 is 2.05 bits per heavy atom. The smallest absolute Gasteiger partial charge is 0.137 e. The van der Waals surface area contributed by atoms with Gasteiger partial charge in [0.1, 0.15) is 10.8 Å². The van der Waals surface area contributed by atoms with E-state index in [1.54, 1.807) is 23.5 Å². The molecule has 0 radical (unpaired) electrons. The summed E-state index contributed by atoms with van der Waals surface area (Å²) in [5.41, 5.74) is 8.18. The third kappa shape index (κ3) is 2.75. The number of halogens is 2. The van der Waals surface area contributed by atoms with Crippen LogP contribution in [0.5, 0.6) is 0 Å². The third-order valence-electron chi connectivity index (χ3n) is 3.07. The minimum atomic E-state index is -0.262. The highest BCUT2D eigenvalue weighted by Crippen LogP contribution is 2.27. The zero-order chi connectivity index (χ0) is 14.1. The molecular formula is C15H12BrFN2S. The predicted molar refractivity (Wildman–Crippen MR) is 84.4 cm³/mol. The first-order chi connectivity index (χ1) is 9.63. The number of benzene rings is 2. The quantitative estimate of drug-likeness (QED) is 0.758. The van der Waals surface area contributed by atoms with Crippen LogP contribution in [0.4, 0.5) is 4.39 Å². The highest BCUT2D eigenvalue weighted by atomic mass is 79.9. The Labute approximate surface area is 128 Å². The maximum Gasteiger partial charge on any atom is 0.137 e. The summed E-state index contributed by atoms with van der Waals surface area (Å²) in [6.45, 7) is 0. The zero-order valence-corrected chi connectivity index (χ0v) is 12.9. The molecule has 2 nitrogen and oxygen atoms in total. The second-order valence-corrected chi connectivity index (χ2v) is 6.50. The molecule has 1 unspecified atom stereocenters. The lowest BCUT2D eigenvalue weighted by atomic mass is 10.1. The molecule has 0 saturated carbocycles. The van der Waals surface area contributed by atoms with E-state index in [0.29, 0.717) is 10.9 Å². The van der Waals surface area contributed by atoms with Crippen molar-refractivity contribution in [3.63, 3.8) is 0 Å². The summed E-state index contributed by atoms with van der Waals surface area (Å²) in [5, 5.41) is 0.909. The van der Waals surface area contributed by atoms with Crippen molar-refractivity contribution in [1.82, 2.24) is 4.98 Å². The van der Waals surface area contributed by atoms with Crippen molar-refractivity contribution in [3.8, 4) is 0 Å². The van der Waals surface area contributed by atoms with Crippen molar-refractivity contribution in [1.29, 1.82) is 0 Å². The van der Waals surface area contributed by atoms with Gasteiger partial charge in [0.2, 0.25) is 0 Å². The Bertz CT molecular complexity index is 723. The van der Waals surface area contributed by atoms with Crippen LogP contribution in [0.2, 0.25) is 0 Å². The Balaban J connectivity index is 1.84. The molecule has 1 heterocycles. The number of nitrogens with two attached hydrogens (primary N) is 1. The highest BCUT2D eigenvalue weighted by molar-refractivity contribution is 9.10. The molecule has 0 fully saturated rings. The van der Waals surface area contributed by atoms with Crippen molar-refractivity contribution < 1.29 is 4.39 Å². The van der Waals surface area contributed by atoms with Crippen LogP contribution in [0.1, 0.15) is 16.6 Å². The van der Waals surface area contributed by atoms with Gasteiger partial charge in [0, 0.05) is 0 Å². The van der Waals surface area contributed by atoms with E-state index in [1.807, 2.05) is 24.3 Å². The molecule has 2 N–H and O–H groups in total. The Morgan fingerprint density at radius 1 is 1.25 bits per heavy atom. The summed E-state index contributed by atoms with van der Waals surface area (Å²) in [6.07, 6.45) is 0.638. The molecule has 0 aliphatic heterocycles. The molecule has 0 aliphatic carbocycles. The molecule has 3 aromatic rings. The number of aromatic nitrogens is 1. The van der Waals surface area contributed by atoms with Gasteiger partial charge in [0.05, 0.1) is 20.7 Å². The Hall–Kier alpha value is -1.30. The molecule has 3 rings (SSSR count). The molecule has 0 spiro atoms. The number of nitrogens with zero attached hydrogens (tertiary/aromatic N) is 1. The second-order valence-electron chi connectivity index (χ2n) is 4.58. The van der Waals surface area contributed by atoms with Crippen molar-refractivity contribution >= 4 is 37.5 Å². The van der Waals surface area contributed by atoms with Crippen molar-refractivity contribution in [2.45, 2.75) is 12.5 Å². The average molecular weight is 351 g/mol. The normalized spacial score (nSPS) is 12.8. The molecule has 5 heteroatoms. The van der Waals surface area contributed by atoms with E-state index in [0.717, 1.165) is 20.8 Å². The zero-order valence-electron chi connectivity index (χ0n) is 10.5. The summed E-state index contributed by atoms with van der Waals surface area (Å²) >= 11 is 4.80. The van der Waals surface area contributed by atoms with E-state index in [4.69, 9.17) is 5.73 Å². The van der Waals surface area contributed by atoms with Crippen LogP contribution in [0.25, 0.3) is 10.2 Å². The largest absolute Gasteiger partial charge is 0.322 e. The minimum Gasteiger partial charge on any atom is -0.322 e. The van der Waals surface area contributed by atoms with Gasteiger partial charge in [-0.15, -0.1) is 11.3 Å². The number of fused-ring (bicyclic) bond motifs is 1. The topological polar surface area (TPSA) is 38.9 Å². The lowest BCUT2D eigenvalue weighted by Crippen LogP contribution is -2.13. The van der Waals surface area contributed by atoms with Gasteiger partial charge < -0.3 is 5.73 Å². The van der Waals surface area contributed by atoms with Gasteiger partial charge in [-0.3, -0.25) is 0 Å². The van der Waals surface area contributed by atoms with E-state index in [2.05, 4.69) is 20.9 Å². The molecule has 1 atom stereocenters. The highest BCUT2D eigenvalue weighted by Gasteiger charge is 2.13. The van der Waals surface area contributed by atoms with Gasteiger partial charge in [-0.2, -0.15) is 0 Å². The number of hydrogen-bond acceptors (Lipinski definition) is 3. The fraction of sp³-hybridized carbons (Fsp3) is 0.133. The van der Waals surface area contributed by atoms with Gasteiger partial charge in [-0.05, 0) is 52.2 Å². The van der Waals surface area contributed by atoms with Gasteiger partial charge in [-0.1, -0.05) is 18.2 Å². The van der Waals surface area contributed by atoms with E-state index in [-0.39, 0.29) is 11.9 Å².